The number of nitrogens with zero attached hydrogens (tertiary/aromatic N) is 7. The highest BCUT2D eigenvalue weighted by atomic mass is 16.5. The molecular weight excluding hydrogens is 346 g/mol. The maximum Gasteiger partial charge on any atom is 0.367 e. The van der Waals surface area contributed by atoms with E-state index in [1.807, 2.05) is 13.0 Å². The molecule has 9 heteroatoms. The van der Waals surface area contributed by atoms with Gasteiger partial charge in [0, 0.05) is 45.1 Å². The Morgan fingerprint density at radius 2 is 1.85 bits per heavy atom. The Kier molecular flexibility index (Phi) is 7.09. The van der Waals surface area contributed by atoms with Crippen LogP contribution in [0.5, 0.6) is 5.88 Å². The second-order valence-corrected chi connectivity index (χ2v) is 6.53. The van der Waals surface area contributed by atoms with Crippen molar-refractivity contribution in [1.82, 2.24) is 29.6 Å². The first-order valence-corrected chi connectivity index (χ1v) is 9.57. The van der Waals surface area contributed by atoms with Crippen LogP contribution in [0.15, 0.2) is 29.5 Å². The Morgan fingerprint density at radius 3 is 2.56 bits per heavy atom. The maximum atomic E-state index is 11.7. The zero-order valence-corrected chi connectivity index (χ0v) is 15.8. The number of aryl methyl sites for hydroxylation is 1. The zero-order chi connectivity index (χ0) is 18.9. The van der Waals surface area contributed by atoms with Crippen LogP contribution in [-0.2, 0) is 6.54 Å². The minimum atomic E-state index is -0.352. The van der Waals surface area contributed by atoms with Crippen LogP contribution in [-0.4, -0.2) is 69.0 Å². The lowest BCUT2D eigenvalue weighted by Crippen LogP contribution is -2.47. The Hall–Kier alpha value is -2.55. The van der Waals surface area contributed by atoms with Gasteiger partial charge in [0.15, 0.2) is 0 Å². The standard InChI is InChI=1S/C18H27N7O2/c1-2-8-25-18(26)22-16(15-21-25)27-14-4-3-9-23-10-12-24(13-11-23)17-19-6-5-7-20-17/h5-7,15H,2-4,8-14H2,1H3. The fourth-order valence-electron chi connectivity index (χ4n) is 3.02. The molecule has 0 aliphatic carbocycles. The van der Waals surface area contributed by atoms with E-state index >= 15 is 0 Å². The van der Waals surface area contributed by atoms with E-state index < -0.39 is 0 Å². The Balaban J connectivity index is 1.31. The molecule has 0 saturated carbocycles. The molecule has 1 aliphatic heterocycles. The summed E-state index contributed by atoms with van der Waals surface area (Å²) in [6.45, 7) is 8.08. The molecule has 0 aromatic carbocycles. The number of hydrogen-bond donors (Lipinski definition) is 0. The summed E-state index contributed by atoms with van der Waals surface area (Å²) in [5.74, 6) is 1.12. The summed E-state index contributed by atoms with van der Waals surface area (Å²) >= 11 is 0. The molecule has 1 saturated heterocycles. The molecule has 2 aromatic heterocycles. The normalized spacial score (nSPS) is 15.1. The molecule has 0 atom stereocenters. The van der Waals surface area contributed by atoms with Gasteiger partial charge < -0.3 is 9.64 Å². The topological polar surface area (TPSA) is 89.3 Å². The highest BCUT2D eigenvalue weighted by Crippen LogP contribution is 2.10. The number of unbranched alkanes of at least 4 members (excludes halogenated alkanes) is 1. The van der Waals surface area contributed by atoms with Crippen LogP contribution in [0.25, 0.3) is 0 Å². The van der Waals surface area contributed by atoms with Gasteiger partial charge in [-0.25, -0.2) is 19.4 Å². The van der Waals surface area contributed by atoms with E-state index in [0.717, 1.165) is 57.9 Å². The summed E-state index contributed by atoms with van der Waals surface area (Å²) in [6, 6.07) is 1.84. The van der Waals surface area contributed by atoms with Crippen molar-refractivity contribution >= 4 is 5.95 Å². The second-order valence-electron chi connectivity index (χ2n) is 6.53. The van der Waals surface area contributed by atoms with Gasteiger partial charge in [0.05, 0.1) is 6.61 Å². The highest BCUT2D eigenvalue weighted by molar-refractivity contribution is 5.29. The van der Waals surface area contributed by atoms with Crippen molar-refractivity contribution < 1.29 is 4.74 Å². The van der Waals surface area contributed by atoms with Gasteiger partial charge in [0.1, 0.15) is 6.20 Å². The van der Waals surface area contributed by atoms with Crippen molar-refractivity contribution in [3.8, 4) is 5.88 Å². The predicted octanol–water partition coefficient (Wildman–Crippen LogP) is 0.819. The van der Waals surface area contributed by atoms with Crippen molar-refractivity contribution in [2.45, 2.75) is 32.7 Å². The molecule has 0 N–H and O–H groups in total. The summed E-state index contributed by atoms with van der Waals surface area (Å²) in [6.07, 6.45) is 7.89. The molecule has 146 valence electrons. The summed E-state index contributed by atoms with van der Waals surface area (Å²) < 4.78 is 6.91. The van der Waals surface area contributed by atoms with Crippen LogP contribution >= 0.6 is 0 Å². The lowest BCUT2D eigenvalue weighted by atomic mass is 10.2. The molecule has 27 heavy (non-hydrogen) atoms. The molecule has 0 bridgehead atoms. The third-order valence-electron chi connectivity index (χ3n) is 4.50. The third kappa shape index (κ3) is 5.72. The predicted molar refractivity (Wildman–Crippen MR) is 102 cm³/mol. The van der Waals surface area contributed by atoms with Crippen LogP contribution < -0.4 is 15.3 Å². The van der Waals surface area contributed by atoms with Crippen LogP contribution in [0.4, 0.5) is 5.95 Å². The van der Waals surface area contributed by atoms with Crippen LogP contribution in [0, 0.1) is 0 Å². The molecule has 0 radical (unpaired) electrons. The molecule has 0 unspecified atom stereocenters. The largest absolute Gasteiger partial charge is 0.476 e. The van der Waals surface area contributed by atoms with Gasteiger partial charge in [-0.2, -0.15) is 10.1 Å². The van der Waals surface area contributed by atoms with E-state index in [2.05, 4.69) is 29.9 Å². The molecule has 9 nitrogen and oxygen atoms in total. The van der Waals surface area contributed by atoms with E-state index in [0.29, 0.717) is 19.0 Å². The second kappa shape index (κ2) is 9.96. The van der Waals surface area contributed by atoms with E-state index in [-0.39, 0.29) is 5.69 Å². The van der Waals surface area contributed by atoms with E-state index in [1.165, 1.54) is 10.9 Å². The lowest BCUT2D eigenvalue weighted by molar-refractivity contribution is 0.234. The summed E-state index contributed by atoms with van der Waals surface area (Å²) in [7, 11) is 0. The summed E-state index contributed by atoms with van der Waals surface area (Å²) in [4.78, 5) is 28.9. The first-order chi connectivity index (χ1) is 13.3. The van der Waals surface area contributed by atoms with E-state index in [4.69, 9.17) is 4.74 Å². The summed E-state index contributed by atoms with van der Waals surface area (Å²) in [5, 5.41) is 4.07. The maximum absolute atomic E-state index is 11.7. The van der Waals surface area contributed by atoms with Gasteiger partial charge in [0.25, 0.3) is 0 Å². The molecule has 1 fully saturated rings. The fraction of sp³-hybridized carbons (Fsp3) is 0.611. The number of aromatic nitrogens is 5. The number of anilines is 1. The van der Waals surface area contributed by atoms with Crippen molar-refractivity contribution in [3.63, 3.8) is 0 Å². The quantitative estimate of drug-likeness (QED) is 0.597. The molecule has 3 heterocycles. The van der Waals surface area contributed by atoms with Gasteiger partial charge >= 0.3 is 5.69 Å². The number of hydrogen-bond acceptors (Lipinski definition) is 8. The van der Waals surface area contributed by atoms with E-state index in [1.54, 1.807) is 12.4 Å². The smallest absolute Gasteiger partial charge is 0.367 e. The SMILES string of the molecule is CCCn1ncc(OCCCCN2CCN(c3ncccn3)CC2)nc1=O. The van der Waals surface area contributed by atoms with Crippen LogP contribution in [0.1, 0.15) is 26.2 Å². The minimum Gasteiger partial charge on any atom is -0.476 e. The molecule has 0 amide bonds. The third-order valence-corrected chi connectivity index (χ3v) is 4.50. The van der Waals surface area contributed by atoms with Gasteiger partial charge in [-0.15, -0.1) is 0 Å². The van der Waals surface area contributed by atoms with Gasteiger partial charge in [-0.3, -0.25) is 4.90 Å². The molecule has 0 spiro atoms. The van der Waals surface area contributed by atoms with Crippen molar-refractivity contribution in [2.24, 2.45) is 0 Å². The lowest BCUT2D eigenvalue weighted by Gasteiger charge is -2.34. The summed E-state index contributed by atoms with van der Waals surface area (Å²) in [5.41, 5.74) is -0.352. The Labute approximate surface area is 159 Å². The highest BCUT2D eigenvalue weighted by Gasteiger charge is 2.18. The van der Waals surface area contributed by atoms with Crippen molar-refractivity contribution in [3.05, 3.63) is 35.1 Å². The average molecular weight is 373 g/mol. The fourth-order valence-corrected chi connectivity index (χ4v) is 3.02. The monoisotopic (exact) mass is 373 g/mol. The van der Waals surface area contributed by atoms with Gasteiger partial charge in [0.2, 0.25) is 11.8 Å². The first-order valence-electron chi connectivity index (χ1n) is 9.57. The zero-order valence-electron chi connectivity index (χ0n) is 15.8. The number of rotatable bonds is 9. The van der Waals surface area contributed by atoms with Gasteiger partial charge in [-0.1, -0.05) is 6.92 Å². The minimum absolute atomic E-state index is 0.309. The number of piperazine rings is 1. The van der Waals surface area contributed by atoms with Gasteiger partial charge in [-0.05, 0) is 31.9 Å². The Bertz CT molecular complexity index is 745. The Morgan fingerprint density at radius 1 is 1.07 bits per heavy atom. The molecule has 1 aliphatic rings. The molecule has 2 aromatic rings. The van der Waals surface area contributed by atoms with E-state index in [9.17, 15) is 4.79 Å². The van der Waals surface area contributed by atoms with Crippen molar-refractivity contribution in [1.29, 1.82) is 0 Å². The number of ether oxygens (including phenoxy) is 1. The molecule has 3 rings (SSSR count). The van der Waals surface area contributed by atoms with Crippen LogP contribution in [0.3, 0.4) is 0 Å². The van der Waals surface area contributed by atoms with Crippen LogP contribution in [0.2, 0.25) is 0 Å². The molecular formula is C18H27N7O2. The average Bonchev–Trinajstić information content (AvgIpc) is 2.71. The first kappa shape index (κ1) is 19.2. The van der Waals surface area contributed by atoms with Crippen molar-refractivity contribution in [2.75, 3.05) is 44.2 Å².